The summed E-state index contributed by atoms with van der Waals surface area (Å²) in [7, 11) is 0. The van der Waals surface area contributed by atoms with Crippen molar-refractivity contribution in [2.24, 2.45) is 0 Å². The molecule has 0 spiro atoms. The smallest absolute Gasteiger partial charge is 0.0992 e. The van der Waals surface area contributed by atoms with Crippen LogP contribution in [-0.4, -0.2) is 23.8 Å². The van der Waals surface area contributed by atoms with Crippen LogP contribution in [0.5, 0.6) is 0 Å². The maximum atomic E-state index is 9.86. The van der Waals surface area contributed by atoms with Crippen LogP contribution in [0.3, 0.4) is 0 Å². The lowest BCUT2D eigenvalue weighted by Crippen LogP contribution is -2.38. The van der Waals surface area contributed by atoms with Gasteiger partial charge in [0.05, 0.1) is 17.2 Å². The molecule has 0 aliphatic rings. The molecule has 1 aromatic carbocycles. The van der Waals surface area contributed by atoms with Gasteiger partial charge in [-0.1, -0.05) is 15.9 Å². The van der Waals surface area contributed by atoms with Gasteiger partial charge in [0.1, 0.15) is 0 Å². The minimum absolute atomic E-state index is 0.533. The number of nitriles is 1. The second kappa shape index (κ2) is 5.52. The third-order valence-electron chi connectivity index (χ3n) is 2.34. The monoisotopic (exact) mass is 296 g/mol. The van der Waals surface area contributed by atoms with E-state index in [1.807, 2.05) is 24.0 Å². The van der Waals surface area contributed by atoms with Crippen LogP contribution in [-0.2, 0) is 0 Å². The van der Waals surface area contributed by atoms with E-state index in [-0.39, 0.29) is 0 Å². The van der Waals surface area contributed by atoms with Crippen molar-refractivity contribution in [2.75, 3.05) is 18.0 Å². The fraction of sp³-hybridized carbons (Fsp3) is 0.462. The maximum absolute atomic E-state index is 9.86. The van der Waals surface area contributed by atoms with Crippen LogP contribution >= 0.6 is 15.9 Å². The minimum atomic E-state index is -0.759. The Hall–Kier alpha value is -1.05. The lowest BCUT2D eigenvalue weighted by atomic mass is 10.1. The van der Waals surface area contributed by atoms with Crippen molar-refractivity contribution in [3.05, 3.63) is 28.2 Å². The third kappa shape index (κ3) is 4.37. The van der Waals surface area contributed by atoms with Crippen molar-refractivity contribution in [1.29, 1.82) is 5.26 Å². The van der Waals surface area contributed by atoms with Gasteiger partial charge in [0, 0.05) is 23.2 Å². The predicted molar refractivity (Wildman–Crippen MR) is 73.0 cm³/mol. The van der Waals surface area contributed by atoms with Crippen LogP contribution in [0.4, 0.5) is 5.69 Å². The first-order chi connectivity index (χ1) is 7.85. The Morgan fingerprint density at radius 3 is 2.53 bits per heavy atom. The Balaban J connectivity index is 3.04. The molecule has 0 fully saturated rings. The van der Waals surface area contributed by atoms with E-state index in [9.17, 15) is 5.11 Å². The number of benzene rings is 1. The quantitative estimate of drug-likeness (QED) is 0.929. The van der Waals surface area contributed by atoms with Gasteiger partial charge < -0.3 is 10.0 Å². The van der Waals surface area contributed by atoms with Gasteiger partial charge in [-0.3, -0.25) is 0 Å². The van der Waals surface area contributed by atoms with Crippen LogP contribution in [0.2, 0.25) is 0 Å². The molecule has 92 valence electrons. The summed E-state index contributed by atoms with van der Waals surface area (Å²) in [6.45, 7) is 6.90. The predicted octanol–water partition coefficient (Wildman–Crippen LogP) is 2.92. The molecule has 0 bridgehead atoms. The van der Waals surface area contributed by atoms with Gasteiger partial charge >= 0.3 is 0 Å². The Bertz CT molecular complexity index is 432. The summed E-state index contributed by atoms with van der Waals surface area (Å²) in [6, 6.07) is 7.70. The standard InChI is InChI=1S/C13H17BrN2O/c1-4-16(9-13(2,3)17)12-6-10(8-15)5-11(14)7-12/h5-7,17H,4,9H2,1-3H3. The molecular formula is C13H17BrN2O. The Labute approximate surface area is 111 Å². The number of hydrogen-bond donors (Lipinski definition) is 1. The highest BCUT2D eigenvalue weighted by molar-refractivity contribution is 9.10. The Morgan fingerprint density at radius 1 is 1.41 bits per heavy atom. The number of halogens is 1. The number of aliphatic hydroxyl groups is 1. The molecule has 0 amide bonds. The van der Waals surface area contributed by atoms with Crippen LogP contribution < -0.4 is 4.90 Å². The molecule has 0 aromatic heterocycles. The molecule has 0 aliphatic heterocycles. The normalized spacial score (nSPS) is 11.1. The topological polar surface area (TPSA) is 47.3 Å². The van der Waals surface area contributed by atoms with Gasteiger partial charge in [0.15, 0.2) is 0 Å². The van der Waals surface area contributed by atoms with Crippen molar-refractivity contribution in [3.8, 4) is 6.07 Å². The first kappa shape index (κ1) is 14.0. The number of likely N-dealkylation sites (N-methyl/N-ethyl adjacent to an activating group) is 1. The van der Waals surface area contributed by atoms with Crippen molar-refractivity contribution in [2.45, 2.75) is 26.4 Å². The van der Waals surface area contributed by atoms with Gasteiger partial charge in [0.25, 0.3) is 0 Å². The second-order valence-corrected chi connectivity index (χ2v) is 5.55. The van der Waals surface area contributed by atoms with E-state index >= 15 is 0 Å². The third-order valence-corrected chi connectivity index (χ3v) is 2.79. The van der Waals surface area contributed by atoms with E-state index in [0.717, 1.165) is 16.7 Å². The van der Waals surface area contributed by atoms with Gasteiger partial charge in [-0.05, 0) is 39.0 Å². The van der Waals surface area contributed by atoms with Crippen molar-refractivity contribution in [1.82, 2.24) is 0 Å². The summed E-state index contributed by atoms with van der Waals surface area (Å²) in [6.07, 6.45) is 0. The van der Waals surface area contributed by atoms with E-state index in [4.69, 9.17) is 5.26 Å². The van der Waals surface area contributed by atoms with E-state index < -0.39 is 5.60 Å². The molecule has 1 aromatic rings. The SMILES string of the molecule is CCN(CC(C)(C)O)c1cc(Br)cc(C#N)c1. The molecule has 0 saturated heterocycles. The summed E-state index contributed by atoms with van der Waals surface area (Å²) < 4.78 is 0.876. The second-order valence-electron chi connectivity index (χ2n) is 4.64. The molecule has 0 radical (unpaired) electrons. The lowest BCUT2D eigenvalue weighted by molar-refractivity contribution is 0.0876. The van der Waals surface area contributed by atoms with Gasteiger partial charge in [-0.25, -0.2) is 0 Å². The first-order valence-corrected chi connectivity index (χ1v) is 6.33. The maximum Gasteiger partial charge on any atom is 0.0992 e. The molecule has 17 heavy (non-hydrogen) atoms. The summed E-state index contributed by atoms with van der Waals surface area (Å²) in [5, 5.41) is 18.8. The van der Waals surface area contributed by atoms with Gasteiger partial charge in [0.2, 0.25) is 0 Å². The largest absolute Gasteiger partial charge is 0.389 e. The minimum Gasteiger partial charge on any atom is -0.389 e. The summed E-state index contributed by atoms with van der Waals surface area (Å²) in [5.41, 5.74) is 0.801. The van der Waals surface area contributed by atoms with Crippen molar-refractivity contribution < 1.29 is 5.11 Å². The molecule has 1 rings (SSSR count). The average molecular weight is 297 g/mol. The zero-order valence-electron chi connectivity index (χ0n) is 10.4. The number of anilines is 1. The zero-order valence-corrected chi connectivity index (χ0v) is 12.0. The molecule has 3 nitrogen and oxygen atoms in total. The number of nitrogens with zero attached hydrogens (tertiary/aromatic N) is 2. The van der Waals surface area contributed by atoms with E-state index in [2.05, 4.69) is 22.0 Å². The van der Waals surface area contributed by atoms with E-state index in [0.29, 0.717) is 12.1 Å². The van der Waals surface area contributed by atoms with Gasteiger partial charge in [-0.2, -0.15) is 5.26 Å². The molecule has 1 N–H and O–H groups in total. The number of hydrogen-bond acceptors (Lipinski definition) is 3. The highest BCUT2D eigenvalue weighted by Crippen LogP contribution is 2.23. The highest BCUT2D eigenvalue weighted by Gasteiger charge is 2.18. The summed E-state index contributed by atoms with van der Waals surface area (Å²) >= 11 is 3.39. The zero-order chi connectivity index (χ0) is 13.1. The van der Waals surface area contributed by atoms with E-state index in [1.54, 1.807) is 19.9 Å². The summed E-state index contributed by atoms with van der Waals surface area (Å²) in [5.74, 6) is 0. The fourth-order valence-electron chi connectivity index (χ4n) is 1.67. The van der Waals surface area contributed by atoms with Crippen LogP contribution in [0.25, 0.3) is 0 Å². The van der Waals surface area contributed by atoms with Crippen molar-refractivity contribution in [3.63, 3.8) is 0 Å². The van der Waals surface area contributed by atoms with Crippen LogP contribution in [0, 0.1) is 11.3 Å². The Morgan fingerprint density at radius 2 is 2.06 bits per heavy atom. The van der Waals surface area contributed by atoms with Crippen LogP contribution in [0.1, 0.15) is 26.3 Å². The van der Waals surface area contributed by atoms with Crippen molar-refractivity contribution >= 4 is 21.6 Å². The molecule has 0 saturated carbocycles. The number of rotatable bonds is 4. The molecule has 4 heteroatoms. The fourth-order valence-corrected chi connectivity index (χ4v) is 2.16. The van der Waals surface area contributed by atoms with E-state index in [1.165, 1.54) is 0 Å². The van der Waals surface area contributed by atoms with Crippen LogP contribution in [0.15, 0.2) is 22.7 Å². The average Bonchev–Trinajstić information content (AvgIpc) is 2.23. The molecule has 0 atom stereocenters. The highest BCUT2D eigenvalue weighted by atomic mass is 79.9. The molecule has 0 unspecified atom stereocenters. The molecule has 0 heterocycles. The molecular weight excluding hydrogens is 280 g/mol. The lowest BCUT2D eigenvalue weighted by Gasteiger charge is -2.30. The summed E-state index contributed by atoms with van der Waals surface area (Å²) in [4.78, 5) is 2.05. The first-order valence-electron chi connectivity index (χ1n) is 5.53. The molecule has 0 aliphatic carbocycles. The Kier molecular flexibility index (Phi) is 4.55. The van der Waals surface area contributed by atoms with Gasteiger partial charge in [-0.15, -0.1) is 0 Å².